The van der Waals surface area contributed by atoms with E-state index in [2.05, 4.69) is 15.3 Å². The second-order valence-electron chi connectivity index (χ2n) is 5.56. The van der Waals surface area contributed by atoms with Gasteiger partial charge in [-0.25, -0.2) is 4.98 Å². The molecule has 7 heteroatoms. The van der Waals surface area contributed by atoms with Crippen molar-refractivity contribution in [3.05, 3.63) is 15.9 Å². The Bertz CT molecular complexity index is 516. The molecule has 22 heavy (non-hydrogen) atoms. The van der Waals surface area contributed by atoms with E-state index >= 15 is 0 Å². The predicted molar refractivity (Wildman–Crippen MR) is 84.5 cm³/mol. The van der Waals surface area contributed by atoms with Gasteiger partial charge in [0.2, 0.25) is 5.82 Å². The molecular formula is C15H24N4O3. The molecule has 1 saturated carbocycles. The van der Waals surface area contributed by atoms with Gasteiger partial charge in [0.25, 0.3) is 5.88 Å². The van der Waals surface area contributed by atoms with E-state index in [0.29, 0.717) is 19.0 Å². The molecule has 0 saturated heterocycles. The summed E-state index contributed by atoms with van der Waals surface area (Å²) < 4.78 is 5.53. The number of aromatic nitrogens is 2. The van der Waals surface area contributed by atoms with Crippen LogP contribution in [-0.4, -0.2) is 28.0 Å². The van der Waals surface area contributed by atoms with Gasteiger partial charge >= 0.3 is 5.69 Å². The van der Waals surface area contributed by atoms with E-state index in [-0.39, 0.29) is 23.3 Å². The molecule has 0 aromatic carbocycles. The third-order valence-corrected chi connectivity index (χ3v) is 3.81. The fourth-order valence-electron chi connectivity index (χ4n) is 2.75. The number of rotatable bonds is 7. The van der Waals surface area contributed by atoms with Gasteiger partial charge in [0.15, 0.2) is 0 Å². The van der Waals surface area contributed by atoms with E-state index in [0.717, 1.165) is 32.1 Å². The minimum absolute atomic E-state index is 0.0957. The summed E-state index contributed by atoms with van der Waals surface area (Å²) in [6, 6.07) is 0. The highest BCUT2D eigenvalue weighted by Crippen LogP contribution is 2.37. The second kappa shape index (κ2) is 7.91. The molecule has 0 bridgehead atoms. The smallest absolute Gasteiger partial charge is 0.372 e. The third kappa shape index (κ3) is 3.84. The number of hydrogen-bond donors (Lipinski definition) is 1. The van der Waals surface area contributed by atoms with Crippen LogP contribution in [0.3, 0.4) is 0 Å². The Morgan fingerprint density at radius 1 is 1.27 bits per heavy atom. The van der Waals surface area contributed by atoms with Crippen molar-refractivity contribution in [2.45, 2.75) is 58.3 Å². The lowest BCUT2D eigenvalue weighted by Gasteiger charge is -2.21. The van der Waals surface area contributed by atoms with Gasteiger partial charge in [-0.2, -0.15) is 4.98 Å². The van der Waals surface area contributed by atoms with Crippen LogP contribution in [0.15, 0.2) is 0 Å². The van der Waals surface area contributed by atoms with Crippen LogP contribution >= 0.6 is 0 Å². The Morgan fingerprint density at radius 3 is 2.59 bits per heavy atom. The van der Waals surface area contributed by atoms with Crippen molar-refractivity contribution in [1.29, 1.82) is 0 Å². The topological polar surface area (TPSA) is 90.2 Å². The molecule has 0 amide bonds. The van der Waals surface area contributed by atoms with Crippen LogP contribution in [0.25, 0.3) is 0 Å². The molecule has 122 valence electrons. The van der Waals surface area contributed by atoms with Crippen LogP contribution < -0.4 is 10.1 Å². The number of ether oxygens (including phenoxy) is 1. The van der Waals surface area contributed by atoms with Crippen LogP contribution in [0.4, 0.5) is 11.5 Å². The summed E-state index contributed by atoms with van der Waals surface area (Å²) in [5.41, 5.74) is -0.158. The van der Waals surface area contributed by atoms with Gasteiger partial charge in [-0.1, -0.05) is 26.2 Å². The highest BCUT2D eigenvalue weighted by atomic mass is 16.6. The Morgan fingerprint density at radius 2 is 2.00 bits per heavy atom. The zero-order valence-electron chi connectivity index (χ0n) is 13.3. The van der Waals surface area contributed by atoms with E-state index in [4.69, 9.17) is 4.74 Å². The summed E-state index contributed by atoms with van der Waals surface area (Å²) in [6.07, 6.45) is 6.41. The van der Waals surface area contributed by atoms with Gasteiger partial charge < -0.3 is 10.1 Å². The molecular weight excluding hydrogens is 284 g/mol. The first-order valence-electron chi connectivity index (χ1n) is 8.10. The molecule has 0 radical (unpaired) electrons. The van der Waals surface area contributed by atoms with Gasteiger partial charge in [0, 0.05) is 12.5 Å². The van der Waals surface area contributed by atoms with E-state index < -0.39 is 4.92 Å². The van der Waals surface area contributed by atoms with E-state index in [9.17, 15) is 10.1 Å². The first-order chi connectivity index (χ1) is 10.7. The number of nitrogens with one attached hydrogen (secondary N) is 1. The van der Waals surface area contributed by atoms with Gasteiger partial charge in [0.05, 0.1) is 11.5 Å². The zero-order valence-corrected chi connectivity index (χ0v) is 13.3. The molecule has 1 aliphatic rings. The number of hydrogen-bond acceptors (Lipinski definition) is 6. The minimum atomic E-state index is -0.465. The third-order valence-electron chi connectivity index (χ3n) is 3.81. The van der Waals surface area contributed by atoms with Crippen LogP contribution in [0.1, 0.15) is 64.1 Å². The van der Waals surface area contributed by atoms with Crippen molar-refractivity contribution >= 4 is 11.5 Å². The van der Waals surface area contributed by atoms with Crippen molar-refractivity contribution in [3.63, 3.8) is 0 Å². The Labute approximate surface area is 130 Å². The molecule has 0 atom stereocenters. The van der Waals surface area contributed by atoms with Crippen LogP contribution in [0.5, 0.6) is 5.88 Å². The largest absolute Gasteiger partial charge is 0.473 e. The van der Waals surface area contributed by atoms with Crippen molar-refractivity contribution in [3.8, 4) is 5.88 Å². The van der Waals surface area contributed by atoms with Crippen molar-refractivity contribution in [1.82, 2.24) is 9.97 Å². The Balaban J connectivity index is 2.41. The highest BCUT2D eigenvalue weighted by Gasteiger charge is 2.29. The molecule has 1 aromatic rings. The molecule has 1 aromatic heterocycles. The summed E-state index contributed by atoms with van der Waals surface area (Å²) >= 11 is 0. The van der Waals surface area contributed by atoms with Gasteiger partial charge in [0.1, 0.15) is 5.82 Å². The fraction of sp³-hybridized carbons (Fsp3) is 0.733. The van der Waals surface area contributed by atoms with Gasteiger partial charge in [-0.15, -0.1) is 0 Å². The van der Waals surface area contributed by atoms with Gasteiger partial charge in [-0.05, 0) is 26.2 Å². The average molecular weight is 308 g/mol. The lowest BCUT2D eigenvalue weighted by atomic mass is 9.88. The van der Waals surface area contributed by atoms with Crippen LogP contribution in [0.2, 0.25) is 0 Å². The van der Waals surface area contributed by atoms with Crippen molar-refractivity contribution < 1.29 is 9.66 Å². The quantitative estimate of drug-likeness (QED) is 0.610. The summed E-state index contributed by atoms with van der Waals surface area (Å²) in [5.74, 6) is 1.32. The maximum absolute atomic E-state index is 11.4. The predicted octanol–water partition coefficient (Wildman–Crippen LogP) is 3.65. The summed E-state index contributed by atoms with van der Waals surface area (Å²) in [4.78, 5) is 19.7. The molecule has 1 aliphatic carbocycles. The number of nitrogens with zero attached hydrogens (tertiary/aromatic N) is 3. The molecule has 1 heterocycles. The second-order valence-corrected chi connectivity index (χ2v) is 5.56. The lowest BCUT2D eigenvalue weighted by Crippen LogP contribution is -2.14. The minimum Gasteiger partial charge on any atom is -0.473 e. The van der Waals surface area contributed by atoms with E-state index in [1.807, 2.05) is 13.8 Å². The normalized spacial score (nSPS) is 15.5. The maximum Gasteiger partial charge on any atom is 0.372 e. The Hall–Kier alpha value is -1.92. The van der Waals surface area contributed by atoms with Crippen LogP contribution in [-0.2, 0) is 0 Å². The highest BCUT2D eigenvalue weighted by molar-refractivity contribution is 5.61. The fourth-order valence-corrected chi connectivity index (χ4v) is 2.75. The summed E-state index contributed by atoms with van der Waals surface area (Å²) in [5, 5.41) is 14.4. The molecule has 0 aliphatic heterocycles. The van der Waals surface area contributed by atoms with Crippen LogP contribution in [0, 0.1) is 10.1 Å². The molecule has 0 unspecified atom stereocenters. The number of anilines is 1. The zero-order chi connectivity index (χ0) is 15.9. The van der Waals surface area contributed by atoms with E-state index in [1.165, 1.54) is 6.42 Å². The molecule has 0 spiro atoms. The Kier molecular flexibility index (Phi) is 5.91. The standard InChI is InChI=1S/C15H24N4O3/c1-3-10-22-15-12(19(20)21)14(16-4-2)17-13(18-15)11-8-6-5-7-9-11/h11H,3-10H2,1-2H3,(H,16,17,18). The summed E-state index contributed by atoms with van der Waals surface area (Å²) in [7, 11) is 0. The molecule has 2 rings (SSSR count). The molecule has 1 N–H and O–H groups in total. The maximum atomic E-state index is 11.4. The lowest BCUT2D eigenvalue weighted by molar-refractivity contribution is -0.385. The first kappa shape index (κ1) is 16.5. The van der Waals surface area contributed by atoms with Crippen molar-refractivity contribution in [2.75, 3.05) is 18.5 Å². The summed E-state index contributed by atoms with van der Waals surface area (Å²) in [6.45, 7) is 4.82. The van der Waals surface area contributed by atoms with Crippen molar-refractivity contribution in [2.24, 2.45) is 0 Å². The average Bonchev–Trinajstić information content (AvgIpc) is 2.53. The number of nitro groups is 1. The van der Waals surface area contributed by atoms with E-state index in [1.54, 1.807) is 0 Å². The van der Waals surface area contributed by atoms with Gasteiger partial charge in [-0.3, -0.25) is 10.1 Å². The first-order valence-corrected chi connectivity index (χ1v) is 8.10. The molecule has 7 nitrogen and oxygen atoms in total. The molecule has 1 fully saturated rings. The monoisotopic (exact) mass is 308 g/mol. The SMILES string of the molecule is CCCOc1nc(C2CCCCC2)nc(NCC)c1[N+](=O)[O-].